The Morgan fingerprint density at radius 3 is 2.88 bits per heavy atom. The largest absolute Gasteiger partial charge is 0.326 e. The number of carbonyl (C=O) groups excluding carboxylic acids is 1. The maximum Gasteiger partial charge on any atom is 0.228 e. The molecule has 1 unspecified atom stereocenters. The van der Waals surface area contributed by atoms with Crippen LogP contribution in [0.25, 0.3) is 0 Å². The number of carbonyl (C=O) groups is 1. The number of rotatable bonds is 5. The summed E-state index contributed by atoms with van der Waals surface area (Å²) >= 11 is 0. The molecule has 0 aliphatic rings. The molecule has 0 aliphatic carbocycles. The first-order valence-corrected chi connectivity index (χ1v) is 5.66. The first-order valence-electron chi connectivity index (χ1n) is 5.66. The maximum absolute atomic E-state index is 11.9. The molecule has 1 atom stereocenters. The summed E-state index contributed by atoms with van der Waals surface area (Å²) in [5.41, 5.74) is 1.22. The standard InChI is InChI=1S/C13H17N3O/c1-3-11(9-15-2)13(17)16-12-6-4-5-10(7-12)8-14/h4-7,11,15H,3,9H2,1-2H3,(H,16,17). The van der Waals surface area contributed by atoms with Crippen molar-refractivity contribution in [3.63, 3.8) is 0 Å². The summed E-state index contributed by atoms with van der Waals surface area (Å²) in [5.74, 6) is -0.0670. The molecule has 0 heterocycles. The molecule has 0 fully saturated rings. The third-order valence-corrected chi connectivity index (χ3v) is 2.57. The van der Waals surface area contributed by atoms with Gasteiger partial charge in [-0.3, -0.25) is 4.79 Å². The van der Waals surface area contributed by atoms with E-state index >= 15 is 0 Å². The van der Waals surface area contributed by atoms with E-state index in [1.165, 1.54) is 0 Å². The van der Waals surface area contributed by atoms with E-state index in [0.717, 1.165) is 6.42 Å². The number of anilines is 1. The molecule has 2 N–H and O–H groups in total. The van der Waals surface area contributed by atoms with E-state index in [-0.39, 0.29) is 11.8 Å². The van der Waals surface area contributed by atoms with Crippen LogP contribution in [-0.2, 0) is 4.79 Å². The summed E-state index contributed by atoms with van der Waals surface area (Å²) in [7, 11) is 1.83. The van der Waals surface area contributed by atoms with Gasteiger partial charge in [-0.1, -0.05) is 13.0 Å². The van der Waals surface area contributed by atoms with Crippen molar-refractivity contribution in [3.05, 3.63) is 29.8 Å². The number of nitrogens with zero attached hydrogens (tertiary/aromatic N) is 1. The highest BCUT2D eigenvalue weighted by Crippen LogP contribution is 2.12. The lowest BCUT2D eigenvalue weighted by Gasteiger charge is -2.14. The Bertz CT molecular complexity index is 423. The van der Waals surface area contributed by atoms with Crippen LogP contribution in [0.3, 0.4) is 0 Å². The average molecular weight is 231 g/mol. The molecule has 0 radical (unpaired) electrons. The van der Waals surface area contributed by atoms with Crippen molar-refractivity contribution in [1.82, 2.24) is 5.32 Å². The number of hydrogen-bond acceptors (Lipinski definition) is 3. The van der Waals surface area contributed by atoms with Gasteiger partial charge in [0.2, 0.25) is 5.91 Å². The van der Waals surface area contributed by atoms with Crippen molar-refractivity contribution >= 4 is 11.6 Å². The predicted octanol–water partition coefficient (Wildman–Crippen LogP) is 1.74. The van der Waals surface area contributed by atoms with Crippen LogP contribution >= 0.6 is 0 Å². The zero-order chi connectivity index (χ0) is 12.7. The molecule has 17 heavy (non-hydrogen) atoms. The van der Waals surface area contributed by atoms with Gasteiger partial charge in [0.15, 0.2) is 0 Å². The van der Waals surface area contributed by atoms with Crippen molar-refractivity contribution in [2.24, 2.45) is 5.92 Å². The smallest absolute Gasteiger partial charge is 0.228 e. The summed E-state index contributed by atoms with van der Waals surface area (Å²) in [6, 6.07) is 8.96. The van der Waals surface area contributed by atoms with Crippen LogP contribution < -0.4 is 10.6 Å². The summed E-state index contributed by atoms with van der Waals surface area (Å²) in [6.45, 7) is 2.63. The van der Waals surface area contributed by atoms with E-state index in [4.69, 9.17) is 5.26 Å². The zero-order valence-electron chi connectivity index (χ0n) is 10.2. The maximum atomic E-state index is 11.9. The monoisotopic (exact) mass is 231 g/mol. The second-order valence-electron chi connectivity index (χ2n) is 3.84. The van der Waals surface area contributed by atoms with E-state index in [0.29, 0.717) is 17.8 Å². The Morgan fingerprint density at radius 2 is 2.29 bits per heavy atom. The van der Waals surface area contributed by atoms with Crippen LogP contribution in [0.15, 0.2) is 24.3 Å². The fraction of sp³-hybridized carbons (Fsp3) is 0.385. The minimum absolute atomic E-state index is 0.0167. The summed E-state index contributed by atoms with van der Waals surface area (Å²) in [5, 5.41) is 14.6. The molecule has 1 aromatic rings. The number of nitriles is 1. The van der Waals surface area contributed by atoms with E-state index < -0.39 is 0 Å². The Labute approximate surface area is 102 Å². The highest BCUT2D eigenvalue weighted by Gasteiger charge is 2.15. The highest BCUT2D eigenvalue weighted by atomic mass is 16.1. The number of amides is 1. The molecule has 0 aromatic heterocycles. The molecule has 0 bridgehead atoms. The SMILES string of the molecule is CCC(CNC)C(=O)Nc1cccc(C#N)c1. The second-order valence-corrected chi connectivity index (χ2v) is 3.84. The van der Waals surface area contributed by atoms with Gasteiger partial charge < -0.3 is 10.6 Å². The van der Waals surface area contributed by atoms with Crippen LogP contribution in [0.2, 0.25) is 0 Å². The van der Waals surface area contributed by atoms with Crippen LogP contribution in [0, 0.1) is 17.2 Å². The molecule has 4 heteroatoms. The Hall–Kier alpha value is -1.86. The molecule has 1 aromatic carbocycles. The van der Waals surface area contributed by atoms with Gasteiger partial charge in [0.05, 0.1) is 17.6 Å². The van der Waals surface area contributed by atoms with Gasteiger partial charge in [-0.05, 0) is 31.7 Å². The van der Waals surface area contributed by atoms with E-state index in [1.54, 1.807) is 24.3 Å². The third kappa shape index (κ3) is 3.89. The fourth-order valence-corrected chi connectivity index (χ4v) is 1.58. The first-order chi connectivity index (χ1) is 8.21. The Morgan fingerprint density at radius 1 is 1.53 bits per heavy atom. The van der Waals surface area contributed by atoms with Gasteiger partial charge >= 0.3 is 0 Å². The lowest BCUT2D eigenvalue weighted by atomic mass is 10.1. The van der Waals surface area contributed by atoms with Crippen molar-refractivity contribution in [2.45, 2.75) is 13.3 Å². The van der Waals surface area contributed by atoms with Gasteiger partial charge in [-0.2, -0.15) is 5.26 Å². The van der Waals surface area contributed by atoms with Crippen molar-refractivity contribution in [1.29, 1.82) is 5.26 Å². The molecule has 0 aliphatic heterocycles. The molecule has 1 amide bonds. The number of nitrogens with one attached hydrogen (secondary N) is 2. The lowest BCUT2D eigenvalue weighted by molar-refractivity contribution is -0.119. The Kier molecular flexibility index (Phi) is 5.18. The lowest BCUT2D eigenvalue weighted by Crippen LogP contribution is -2.30. The van der Waals surface area contributed by atoms with E-state index in [2.05, 4.69) is 10.6 Å². The van der Waals surface area contributed by atoms with Crippen molar-refractivity contribution in [2.75, 3.05) is 18.9 Å². The van der Waals surface area contributed by atoms with E-state index in [1.807, 2.05) is 20.0 Å². The van der Waals surface area contributed by atoms with Gasteiger partial charge in [0.25, 0.3) is 0 Å². The third-order valence-electron chi connectivity index (χ3n) is 2.57. The Balaban J connectivity index is 2.70. The molecular formula is C13H17N3O. The van der Waals surface area contributed by atoms with Crippen molar-refractivity contribution in [3.8, 4) is 6.07 Å². The normalized spacial score (nSPS) is 11.6. The zero-order valence-corrected chi connectivity index (χ0v) is 10.2. The summed E-state index contributed by atoms with van der Waals surface area (Å²) in [6.07, 6.45) is 0.782. The number of hydrogen-bond donors (Lipinski definition) is 2. The van der Waals surface area contributed by atoms with Gasteiger partial charge in [0.1, 0.15) is 0 Å². The molecule has 0 spiro atoms. The van der Waals surface area contributed by atoms with E-state index in [9.17, 15) is 4.79 Å². The van der Waals surface area contributed by atoms with Crippen LogP contribution in [0.4, 0.5) is 5.69 Å². The van der Waals surface area contributed by atoms with Gasteiger partial charge in [-0.25, -0.2) is 0 Å². The van der Waals surface area contributed by atoms with Crippen LogP contribution in [-0.4, -0.2) is 19.5 Å². The molecule has 0 saturated heterocycles. The molecule has 0 saturated carbocycles. The van der Waals surface area contributed by atoms with Gasteiger partial charge in [0, 0.05) is 12.2 Å². The topological polar surface area (TPSA) is 64.9 Å². The van der Waals surface area contributed by atoms with Crippen LogP contribution in [0.1, 0.15) is 18.9 Å². The first kappa shape index (κ1) is 13.2. The molecule has 1 rings (SSSR count). The average Bonchev–Trinajstić information content (AvgIpc) is 2.36. The van der Waals surface area contributed by atoms with Crippen LogP contribution in [0.5, 0.6) is 0 Å². The quantitative estimate of drug-likeness (QED) is 0.811. The minimum atomic E-state index is -0.0502. The summed E-state index contributed by atoms with van der Waals surface area (Å²) in [4.78, 5) is 11.9. The molecule has 4 nitrogen and oxygen atoms in total. The second kappa shape index (κ2) is 6.66. The molecular weight excluding hydrogens is 214 g/mol. The van der Waals surface area contributed by atoms with Crippen molar-refractivity contribution < 1.29 is 4.79 Å². The molecule has 90 valence electrons. The predicted molar refractivity (Wildman–Crippen MR) is 67.5 cm³/mol. The highest BCUT2D eigenvalue weighted by molar-refractivity contribution is 5.92. The summed E-state index contributed by atoms with van der Waals surface area (Å²) < 4.78 is 0. The van der Waals surface area contributed by atoms with Gasteiger partial charge in [-0.15, -0.1) is 0 Å². The minimum Gasteiger partial charge on any atom is -0.326 e. The number of benzene rings is 1. The fourth-order valence-electron chi connectivity index (χ4n) is 1.58.